The summed E-state index contributed by atoms with van der Waals surface area (Å²) in [4.78, 5) is 4.07. The lowest BCUT2D eigenvalue weighted by Crippen LogP contribution is -2.03. The smallest absolute Gasteiger partial charge is 0.237 e. The van der Waals surface area contributed by atoms with Crippen LogP contribution in [0.15, 0.2) is 47.8 Å². The van der Waals surface area contributed by atoms with Crippen molar-refractivity contribution in [1.82, 2.24) is 14.6 Å². The summed E-state index contributed by atoms with van der Waals surface area (Å²) in [5.74, 6) is 0. The van der Waals surface area contributed by atoms with Gasteiger partial charge in [0.05, 0.1) is 28.2 Å². The Bertz CT molecular complexity index is 784. The molecule has 2 aromatic heterocycles. The highest BCUT2D eigenvalue weighted by molar-refractivity contribution is 7.84. The molecule has 0 saturated carbocycles. The largest absolute Gasteiger partial charge is 0.251 e. The number of halogens is 1. The summed E-state index contributed by atoms with van der Waals surface area (Å²) in [5, 5.41) is 5.28. The van der Waals surface area contributed by atoms with Gasteiger partial charge in [-0.3, -0.25) is 4.21 Å². The molecule has 0 spiro atoms. The molecule has 96 valence electrons. The molecule has 1 unspecified atom stereocenters. The average Bonchev–Trinajstić information content (AvgIpc) is 2.81. The van der Waals surface area contributed by atoms with Crippen molar-refractivity contribution < 1.29 is 4.21 Å². The number of rotatable bonds is 2. The van der Waals surface area contributed by atoms with Gasteiger partial charge in [0.2, 0.25) is 5.16 Å². The topological polar surface area (TPSA) is 47.3 Å². The fourth-order valence-electron chi connectivity index (χ4n) is 1.88. The predicted octanol–water partition coefficient (Wildman–Crippen LogP) is 2.79. The van der Waals surface area contributed by atoms with E-state index in [1.54, 1.807) is 17.0 Å². The summed E-state index contributed by atoms with van der Waals surface area (Å²) >= 11 is 6.00. The second-order valence-corrected chi connectivity index (χ2v) is 5.77. The number of hydrogen-bond donors (Lipinski definition) is 0. The molecule has 0 radical (unpaired) electrons. The Labute approximate surface area is 117 Å². The molecule has 0 amide bonds. The van der Waals surface area contributed by atoms with Crippen LogP contribution in [0.25, 0.3) is 16.8 Å². The first-order valence-corrected chi connectivity index (χ1v) is 7.53. The zero-order valence-corrected chi connectivity index (χ0v) is 11.6. The van der Waals surface area contributed by atoms with Gasteiger partial charge in [-0.15, -0.1) is 5.10 Å². The van der Waals surface area contributed by atoms with E-state index in [1.807, 2.05) is 36.4 Å². The van der Waals surface area contributed by atoms with Crippen molar-refractivity contribution in [3.8, 4) is 11.3 Å². The van der Waals surface area contributed by atoms with E-state index in [0.29, 0.717) is 10.2 Å². The normalized spacial score (nSPS) is 12.7. The molecule has 0 bridgehead atoms. The van der Waals surface area contributed by atoms with Crippen molar-refractivity contribution in [1.29, 1.82) is 0 Å². The molecule has 6 heteroatoms. The summed E-state index contributed by atoms with van der Waals surface area (Å²) < 4.78 is 13.2. The minimum Gasteiger partial charge on any atom is -0.251 e. The van der Waals surface area contributed by atoms with Gasteiger partial charge in [-0.2, -0.15) is 0 Å². The van der Waals surface area contributed by atoms with Crippen LogP contribution in [0, 0.1) is 0 Å². The lowest BCUT2D eigenvalue weighted by atomic mass is 10.2. The summed E-state index contributed by atoms with van der Waals surface area (Å²) in [6, 6.07) is 11.4. The second-order valence-electron chi connectivity index (χ2n) is 4.06. The monoisotopic (exact) mass is 291 g/mol. The van der Waals surface area contributed by atoms with Crippen molar-refractivity contribution in [2.24, 2.45) is 0 Å². The summed E-state index contributed by atoms with van der Waals surface area (Å²) in [5.41, 5.74) is 2.70. The van der Waals surface area contributed by atoms with E-state index < -0.39 is 10.8 Å². The van der Waals surface area contributed by atoms with Crippen molar-refractivity contribution >= 4 is 27.9 Å². The van der Waals surface area contributed by atoms with Gasteiger partial charge in [0.1, 0.15) is 0 Å². The summed E-state index contributed by atoms with van der Waals surface area (Å²) in [7, 11) is -1.21. The number of hydrogen-bond acceptors (Lipinski definition) is 3. The van der Waals surface area contributed by atoms with E-state index in [4.69, 9.17) is 11.6 Å². The molecule has 0 aliphatic rings. The Morgan fingerprint density at radius 3 is 2.84 bits per heavy atom. The maximum Gasteiger partial charge on any atom is 0.237 e. The molecular weight excluding hydrogens is 282 g/mol. The van der Waals surface area contributed by atoms with E-state index in [0.717, 1.165) is 16.8 Å². The van der Waals surface area contributed by atoms with Crippen LogP contribution in [0.3, 0.4) is 0 Å². The molecule has 3 rings (SSSR count). The van der Waals surface area contributed by atoms with Crippen LogP contribution in [0.4, 0.5) is 0 Å². The van der Waals surface area contributed by atoms with Gasteiger partial charge in [0.15, 0.2) is 0 Å². The molecule has 3 aromatic rings. The van der Waals surface area contributed by atoms with Crippen LogP contribution < -0.4 is 0 Å². The molecule has 2 heterocycles. The minimum absolute atomic E-state index is 0.312. The lowest BCUT2D eigenvalue weighted by Gasteiger charge is -2.03. The predicted molar refractivity (Wildman–Crippen MR) is 75.8 cm³/mol. The first-order chi connectivity index (χ1) is 9.15. The summed E-state index contributed by atoms with van der Waals surface area (Å²) in [6.07, 6.45) is 3.22. The lowest BCUT2D eigenvalue weighted by molar-refractivity contribution is 0.672. The zero-order valence-electron chi connectivity index (χ0n) is 10.1. The van der Waals surface area contributed by atoms with Crippen molar-refractivity contribution in [3.05, 3.63) is 47.6 Å². The quantitative estimate of drug-likeness (QED) is 0.729. The molecule has 0 fully saturated rings. The zero-order chi connectivity index (χ0) is 13.4. The van der Waals surface area contributed by atoms with Crippen molar-refractivity contribution in [2.75, 3.05) is 6.26 Å². The van der Waals surface area contributed by atoms with E-state index in [2.05, 4.69) is 10.1 Å². The van der Waals surface area contributed by atoms with Gasteiger partial charge in [-0.05, 0) is 24.3 Å². The van der Waals surface area contributed by atoms with E-state index >= 15 is 0 Å². The molecule has 1 atom stereocenters. The van der Waals surface area contributed by atoms with Gasteiger partial charge in [-0.25, -0.2) is 9.50 Å². The fraction of sp³-hybridized carbons (Fsp3) is 0.0769. The average molecular weight is 292 g/mol. The van der Waals surface area contributed by atoms with Crippen molar-refractivity contribution in [3.63, 3.8) is 0 Å². The molecule has 4 nitrogen and oxygen atoms in total. The Morgan fingerprint density at radius 1 is 1.26 bits per heavy atom. The molecular formula is C13H10ClN3OS. The van der Waals surface area contributed by atoms with Crippen LogP contribution in [-0.2, 0) is 10.8 Å². The highest BCUT2D eigenvalue weighted by atomic mass is 35.5. The molecule has 1 aromatic carbocycles. The van der Waals surface area contributed by atoms with Crippen LogP contribution in [0.1, 0.15) is 0 Å². The Hall–Kier alpha value is -1.72. The third-order valence-corrected chi connectivity index (χ3v) is 3.69. The molecule has 0 saturated heterocycles. The highest BCUT2D eigenvalue weighted by Crippen LogP contribution is 2.24. The van der Waals surface area contributed by atoms with E-state index in [-0.39, 0.29) is 0 Å². The second kappa shape index (κ2) is 4.75. The van der Waals surface area contributed by atoms with Gasteiger partial charge >= 0.3 is 0 Å². The third kappa shape index (κ3) is 2.27. The Kier molecular flexibility index (Phi) is 3.08. The van der Waals surface area contributed by atoms with E-state index in [1.165, 1.54) is 0 Å². The molecule has 0 N–H and O–H groups in total. The van der Waals surface area contributed by atoms with Crippen LogP contribution >= 0.6 is 11.6 Å². The first kappa shape index (κ1) is 12.3. The van der Waals surface area contributed by atoms with Gasteiger partial charge in [0.25, 0.3) is 0 Å². The minimum atomic E-state index is -1.21. The maximum atomic E-state index is 11.5. The third-order valence-electron chi connectivity index (χ3n) is 2.76. The van der Waals surface area contributed by atoms with Gasteiger partial charge in [-0.1, -0.05) is 23.7 Å². The van der Waals surface area contributed by atoms with Gasteiger partial charge < -0.3 is 0 Å². The molecule has 0 aliphatic carbocycles. The maximum absolute atomic E-state index is 11.5. The first-order valence-electron chi connectivity index (χ1n) is 5.59. The van der Waals surface area contributed by atoms with Crippen LogP contribution in [0.2, 0.25) is 5.02 Å². The fourth-order valence-corrected chi connectivity index (χ4v) is 2.47. The van der Waals surface area contributed by atoms with Crippen LogP contribution in [0.5, 0.6) is 0 Å². The molecule has 19 heavy (non-hydrogen) atoms. The standard InChI is InChI=1S/C13H10ClN3OS/c1-19(18)13-15-8-11-5-6-12(17(11)16-13)9-3-2-4-10(14)7-9/h2-8H,1H3. The Morgan fingerprint density at radius 2 is 2.11 bits per heavy atom. The highest BCUT2D eigenvalue weighted by Gasteiger charge is 2.09. The SMILES string of the molecule is CS(=O)c1ncc2ccc(-c3cccc(Cl)c3)n2n1. The van der Waals surface area contributed by atoms with Gasteiger partial charge in [0, 0.05) is 16.8 Å². The number of benzene rings is 1. The van der Waals surface area contributed by atoms with Crippen LogP contribution in [-0.4, -0.2) is 25.1 Å². The van der Waals surface area contributed by atoms with Crippen molar-refractivity contribution in [2.45, 2.75) is 5.16 Å². The number of aromatic nitrogens is 3. The molecule has 0 aliphatic heterocycles. The number of nitrogens with zero attached hydrogens (tertiary/aromatic N) is 3. The number of fused-ring (bicyclic) bond motifs is 1. The Balaban J connectivity index is 2.24. The van der Waals surface area contributed by atoms with E-state index in [9.17, 15) is 4.21 Å². The summed E-state index contributed by atoms with van der Waals surface area (Å²) in [6.45, 7) is 0.